The van der Waals surface area contributed by atoms with E-state index in [1.807, 2.05) is 24.3 Å². The van der Waals surface area contributed by atoms with Gasteiger partial charge in [-0.2, -0.15) is 5.10 Å². The third-order valence-electron chi connectivity index (χ3n) is 5.44. The quantitative estimate of drug-likeness (QED) is 0.915. The molecule has 23 heavy (non-hydrogen) atoms. The van der Waals surface area contributed by atoms with Crippen LogP contribution < -0.4 is 5.32 Å². The normalized spacial score (nSPS) is 25.2. The van der Waals surface area contributed by atoms with E-state index in [2.05, 4.69) is 20.4 Å². The van der Waals surface area contributed by atoms with Crippen LogP contribution in [0.15, 0.2) is 24.3 Å². The van der Waals surface area contributed by atoms with Crippen LogP contribution >= 0.6 is 0 Å². The highest BCUT2D eigenvalue weighted by Crippen LogP contribution is 2.30. The fraction of sp³-hybridized carbons (Fsp3) is 0.556. The number of hydrogen-bond donors (Lipinski definition) is 2. The molecule has 1 amide bonds. The molecule has 2 aromatic rings. The first kappa shape index (κ1) is 14.7. The minimum atomic E-state index is -0.0598. The van der Waals surface area contributed by atoms with Crippen molar-refractivity contribution in [3.05, 3.63) is 30.0 Å². The van der Waals surface area contributed by atoms with Crippen LogP contribution in [-0.2, 0) is 0 Å². The van der Waals surface area contributed by atoms with E-state index in [-0.39, 0.29) is 5.91 Å². The minimum absolute atomic E-state index is 0.0598. The molecule has 2 N–H and O–H groups in total. The van der Waals surface area contributed by atoms with Gasteiger partial charge in [-0.15, -0.1) is 0 Å². The SMILES string of the molecule is O=C(NC[C@@H]1CCCN2CCCC[C@H]12)c1n[nH]c2ccccc12. The predicted octanol–water partition coefficient (Wildman–Crippen LogP) is 2.56. The number of nitrogens with zero attached hydrogens (tertiary/aromatic N) is 2. The molecular formula is C18H24N4O. The highest BCUT2D eigenvalue weighted by atomic mass is 16.1. The maximum Gasteiger partial charge on any atom is 0.272 e. The van der Waals surface area contributed by atoms with Gasteiger partial charge in [-0.1, -0.05) is 24.6 Å². The average Bonchev–Trinajstić information content (AvgIpc) is 3.04. The summed E-state index contributed by atoms with van der Waals surface area (Å²) in [5.41, 5.74) is 1.42. The van der Waals surface area contributed by atoms with Gasteiger partial charge in [0.15, 0.2) is 5.69 Å². The first-order chi connectivity index (χ1) is 11.3. The first-order valence-electron chi connectivity index (χ1n) is 8.78. The molecule has 2 fully saturated rings. The average molecular weight is 312 g/mol. The Labute approximate surface area is 136 Å². The van der Waals surface area contributed by atoms with Gasteiger partial charge in [0.1, 0.15) is 0 Å². The largest absolute Gasteiger partial charge is 0.350 e. The number of rotatable bonds is 3. The van der Waals surface area contributed by atoms with Crippen LogP contribution in [0.1, 0.15) is 42.6 Å². The van der Waals surface area contributed by atoms with Crippen molar-refractivity contribution >= 4 is 16.8 Å². The molecule has 2 aliphatic heterocycles. The predicted molar refractivity (Wildman–Crippen MR) is 90.4 cm³/mol. The lowest BCUT2D eigenvalue weighted by Gasteiger charge is -2.44. The molecule has 5 heteroatoms. The maximum atomic E-state index is 12.5. The second kappa shape index (κ2) is 6.32. The summed E-state index contributed by atoms with van der Waals surface area (Å²) in [4.78, 5) is 15.1. The Balaban J connectivity index is 1.43. The molecular weight excluding hydrogens is 288 g/mol. The van der Waals surface area contributed by atoms with E-state index in [9.17, 15) is 4.79 Å². The van der Waals surface area contributed by atoms with Crippen LogP contribution in [0, 0.1) is 5.92 Å². The van der Waals surface area contributed by atoms with Gasteiger partial charge >= 0.3 is 0 Å². The van der Waals surface area contributed by atoms with Crippen molar-refractivity contribution in [1.82, 2.24) is 20.4 Å². The lowest BCUT2D eigenvalue weighted by atomic mass is 9.83. The molecule has 3 heterocycles. The Morgan fingerprint density at radius 2 is 2.09 bits per heavy atom. The van der Waals surface area contributed by atoms with Crippen LogP contribution in [0.5, 0.6) is 0 Å². The van der Waals surface area contributed by atoms with Crippen molar-refractivity contribution in [3.63, 3.8) is 0 Å². The Hall–Kier alpha value is -1.88. The molecule has 0 spiro atoms. The molecule has 1 aromatic heterocycles. The smallest absolute Gasteiger partial charge is 0.272 e. The summed E-state index contributed by atoms with van der Waals surface area (Å²) < 4.78 is 0. The number of benzene rings is 1. The molecule has 5 nitrogen and oxygen atoms in total. The van der Waals surface area contributed by atoms with Gasteiger partial charge in [-0.05, 0) is 50.8 Å². The zero-order valence-electron chi connectivity index (χ0n) is 13.4. The standard InChI is InChI=1S/C18H24N4O/c23-18(17-14-7-1-2-8-15(14)20-21-17)19-12-13-6-5-11-22-10-4-3-9-16(13)22/h1-2,7-8,13,16H,3-6,9-12H2,(H,19,23)(H,20,21)/t13-,16+/m0/s1. The molecule has 2 aliphatic rings. The Bertz CT molecular complexity index is 693. The molecule has 0 radical (unpaired) electrons. The first-order valence-corrected chi connectivity index (χ1v) is 8.78. The van der Waals surface area contributed by atoms with E-state index in [0.717, 1.165) is 17.4 Å². The topological polar surface area (TPSA) is 61.0 Å². The second-order valence-electron chi connectivity index (χ2n) is 6.83. The number of amides is 1. The molecule has 0 aliphatic carbocycles. The number of carbonyl (C=O) groups excluding carboxylic acids is 1. The number of aromatic nitrogens is 2. The number of piperidine rings is 2. The molecule has 2 saturated heterocycles. The van der Waals surface area contributed by atoms with E-state index >= 15 is 0 Å². The van der Waals surface area contributed by atoms with Crippen molar-refractivity contribution in [1.29, 1.82) is 0 Å². The molecule has 2 atom stereocenters. The maximum absolute atomic E-state index is 12.5. The number of fused-ring (bicyclic) bond motifs is 2. The number of nitrogens with one attached hydrogen (secondary N) is 2. The van der Waals surface area contributed by atoms with E-state index < -0.39 is 0 Å². The zero-order valence-corrected chi connectivity index (χ0v) is 13.4. The van der Waals surface area contributed by atoms with Crippen molar-refractivity contribution in [2.24, 2.45) is 5.92 Å². The summed E-state index contributed by atoms with van der Waals surface area (Å²) >= 11 is 0. The second-order valence-corrected chi connectivity index (χ2v) is 6.83. The summed E-state index contributed by atoms with van der Waals surface area (Å²) in [5, 5.41) is 11.2. The Morgan fingerprint density at radius 1 is 1.22 bits per heavy atom. The van der Waals surface area contributed by atoms with Crippen LogP contribution in [0.3, 0.4) is 0 Å². The summed E-state index contributed by atoms with van der Waals surface area (Å²) in [6, 6.07) is 8.43. The van der Waals surface area contributed by atoms with E-state index in [1.165, 1.54) is 45.2 Å². The number of hydrogen-bond acceptors (Lipinski definition) is 3. The summed E-state index contributed by atoms with van der Waals surface area (Å²) in [6.45, 7) is 3.24. The zero-order chi connectivity index (χ0) is 15.6. The fourth-order valence-corrected chi connectivity index (χ4v) is 4.26. The van der Waals surface area contributed by atoms with Crippen molar-refractivity contribution in [2.75, 3.05) is 19.6 Å². The van der Waals surface area contributed by atoms with E-state index in [4.69, 9.17) is 0 Å². The molecule has 122 valence electrons. The highest BCUT2D eigenvalue weighted by Gasteiger charge is 2.33. The van der Waals surface area contributed by atoms with Gasteiger partial charge < -0.3 is 10.2 Å². The molecule has 0 saturated carbocycles. The third-order valence-corrected chi connectivity index (χ3v) is 5.44. The van der Waals surface area contributed by atoms with Gasteiger partial charge in [0.25, 0.3) is 5.91 Å². The molecule has 4 rings (SSSR count). The van der Waals surface area contributed by atoms with Crippen LogP contribution in [0.4, 0.5) is 0 Å². The number of aromatic amines is 1. The lowest BCUT2D eigenvalue weighted by molar-refractivity contribution is 0.0575. The van der Waals surface area contributed by atoms with Gasteiger partial charge in [-0.25, -0.2) is 0 Å². The third kappa shape index (κ3) is 2.85. The van der Waals surface area contributed by atoms with Gasteiger partial charge in [0, 0.05) is 18.0 Å². The van der Waals surface area contributed by atoms with Crippen LogP contribution in [0.2, 0.25) is 0 Å². The van der Waals surface area contributed by atoms with Crippen molar-refractivity contribution in [3.8, 4) is 0 Å². The minimum Gasteiger partial charge on any atom is -0.350 e. The summed E-state index contributed by atoms with van der Waals surface area (Å²) in [5.74, 6) is 0.522. The van der Waals surface area contributed by atoms with Gasteiger partial charge in [0.2, 0.25) is 0 Å². The lowest BCUT2D eigenvalue weighted by Crippen LogP contribution is -2.51. The Kier molecular flexibility index (Phi) is 4.04. The summed E-state index contributed by atoms with van der Waals surface area (Å²) in [7, 11) is 0. The van der Waals surface area contributed by atoms with Crippen molar-refractivity contribution in [2.45, 2.75) is 38.1 Å². The van der Waals surface area contributed by atoms with E-state index in [1.54, 1.807) is 0 Å². The van der Waals surface area contributed by atoms with E-state index in [0.29, 0.717) is 17.7 Å². The number of para-hydroxylation sites is 1. The van der Waals surface area contributed by atoms with Gasteiger partial charge in [-0.3, -0.25) is 9.89 Å². The fourth-order valence-electron chi connectivity index (χ4n) is 4.26. The number of carbonyl (C=O) groups is 1. The van der Waals surface area contributed by atoms with Crippen LogP contribution in [-0.4, -0.2) is 46.7 Å². The molecule has 1 aromatic carbocycles. The summed E-state index contributed by atoms with van der Waals surface area (Å²) in [6.07, 6.45) is 6.42. The molecule has 0 unspecified atom stereocenters. The highest BCUT2D eigenvalue weighted by molar-refractivity contribution is 6.04. The van der Waals surface area contributed by atoms with Crippen molar-refractivity contribution < 1.29 is 4.79 Å². The molecule has 0 bridgehead atoms. The van der Waals surface area contributed by atoms with Gasteiger partial charge in [0.05, 0.1) is 5.52 Å². The number of H-pyrrole nitrogens is 1. The monoisotopic (exact) mass is 312 g/mol. The van der Waals surface area contributed by atoms with Crippen LogP contribution in [0.25, 0.3) is 10.9 Å². The Morgan fingerprint density at radius 3 is 3.04 bits per heavy atom.